The van der Waals surface area contributed by atoms with Gasteiger partial charge in [-0.2, -0.15) is 0 Å². The Morgan fingerprint density at radius 1 is 1.11 bits per heavy atom. The lowest BCUT2D eigenvalue weighted by molar-refractivity contribution is 0.0696. The van der Waals surface area contributed by atoms with Crippen LogP contribution in [-0.4, -0.2) is 21.3 Å². The van der Waals surface area contributed by atoms with Crippen LogP contribution in [0.5, 0.6) is 17.2 Å². The van der Waals surface area contributed by atoms with Gasteiger partial charge in [-0.3, -0.25) is 0 Å². The molecule has 0 aliphatic carbocycles. The SMILES string of the molecule is O=C(O)c1ccc(COc2cccc(O)c2)c(O)c1. The van der Waals surface area contributed by atoms with E-state index in [9.17, 15) is 15.0 Å². The van der Waals surface area contributed by atoms with Crippen LogP contribution in [0.2, 0.25) is 0 Å². The van der Waals surface area contributed by atoms with Crippen LogP contribution >= 0.6 is 0 Å². The Balaban J connectivity index is 2.10. The second-order valence-electron chi connectivity index (χ2n) is 3.93. The third-order valence-electron chi connectivity index (χ3n) is 2.54. The number of phenols is 2. The van der Waals surface area contributed by atoms with Gasteiger partial charge in [0.15, 0.2) is 0 Å². The molecule has 0 amide bonds. The first-order chi connectivity index (χ1) is 9.06. The highest BCUT2D eigenvalue weighted by Gasteiger charge is 2.08. The highest BCUT2D eigenvalue weighted by atomic mass is 16.5. The predicted octanol–water partition coefficient (Wildman–Crippen LogP) is 2.38. The number of carboxylic acid groups (broad SMARTS) is 1. The quantitative estimate of drug-likeness (QED) is 0.785. The molecule has 2 rings (SSSR count). The third-order valence-corrected chi connectivity index (χ3v) is 2.54. The predicted molar refractivity (Wildman–Crippen MR) is 67.5 cm³/mol. The van der Waals surface area contributed by atoms with Crippen molar-refractivity contribution in [2.75, 3.05) is 0 Å². The van der Waals surface area contributed by atoms with E-state index >= 15 is 0 Å². The summed E-state index contributed by atoms with van der Waals surface area (Å²) in [6, 6.07) is 10.3. The van der Waals surface area contributed by atoms with Crippen molar-refractivity contribution in [2.24, 2.45) is 0 Å². The summed E-state index contributed by atoms with van der Waals surface area (Å²) in [6.07, 6.45) is 0. The molecule has 0 saturated heterocycles. The first-order valence-electron chi connectivity index (χ1n) is 5.53. The van der Waals surface area contributed by atoms with Gasteiger partial charge in [0.2, 0.25) is 0 Å². The van der Waals surface area contributed by atoms with Crippen LogP contribution in [0.3, 0.4) is 0 Å². The lowest BCUT2D eigenvalue weighted by Crippen LogP contribution is -1.99. The van der Waals surface area contributed by atoms with E-state index in [2.05, 4.69) is 0 Å². The zero-order valence-electron chi connectivity index (χ0n) is 9.91. The van der Waals surface area contributed by atoms with Crippen molar-refractivity contribution in [3.8, 4) is 17.2 Å². The summed E-state index contributed by atoms with van der Waals surface area (Å²) in [5, 5.41) is 27.7. The summed E-state index contributed by atoms with van der Waals surface area (Å²) < 4.78 is 5.39. The Labute approximate surface area is 109 Å². The molecule has 0 heterocycles. The summed E-state index contributed by atoms with van der Waals surface area (Å²) >= 11 is 0. The molecule has 2 aromatic rings. The van der Waals surface area contributed by atoms with E-state index in [0.717, 1.165) is 0 Å². The number of benzene rings is 2. The summed E-state index contributed by atoms with van der Waals surface area (Å²) in [5.74, 6) is -0.694. The summed E-state index contributed by atoms with van der Waals surface area (Å²) in [7, 11) is 0. The fraction of sp³-hybridized carbons (Fsp3) is 0.0714. The minimum Gasteiger partial charge on any atom is -0.508 e. The van der Waals surface area contributed by atoms with E-state index in [1.165, 1.54) is 30.3 Å². The zero-order valence-corrected chi connectivity index (χ0v) is 9.91. The molecule has 98 valence electrons. The lowest BCUT2D eigenvalue weighted by atomic mass is 10.1. The van der Waals surface area contributed by atoms with E-state index in [-0.39, 0.29) is 23.7 Å². The summed E-state index contributed by atoms with van der Waals surface area (Å²) in [5.41, 5.74) is 0.479. The molecule has 19 heavy (non-hydrogen) atoms. The van der Waals surface area contributed by atoms with Crippen molar-refractivity contribution in [3.05, 3.63) is 53.6 Å². The molecule has 0 spiro atoms. The highest BCUT2D eigenvalue weighted by molar-refractivity contribution is 5.88. The van der Waals surface area contributed by atoms with E-state index in [4.69, 9.17) is 9.84 Å². The normalized spacial score (nSPS) is 10.1. The van der Waals surface area contributed by atoms with Crippen LogP contribution in [0.4, 0.5) is 0 Å². The standard InChI is InChI=1S/C14H12O5/c15-11-2-1-3-12(7-11)19-8-10-5-4-9(14(17)18)6-13(10)16/h1-7,15-16H,8H2,(H,17,18). The first kappa shape index (κ1) is 12.8. The minimum atomic E-state index is -1.10. The monoisotopic (exact) mass is 260 g/mol. The van der Waals surface area contributed by atoms with Crippen LogP contribution in [0.25, 0.3) is 0 Å². The molecule has 0 aliphatic heterocycles. The average molecular weight is 260 g/mol. The summed E-state index contributed by atoms with van der Waals surface area (Å²) in [4.78, 5) is 10.7. The molecule has 3 N–H and O–H groups in total. The Morgan fingerprint density at radius 3 is 2.53 bits per heavy atom. The molecule has 0 aliphatic rings. The van der Waals surface area contributed by atoms with Gasteiger partial charge in [-0.1, -0.05) is 12.1 Å². The van der Waals surface area contributed by atoms with Gasteiger partial charge in [0.25, 0.3) is 0 Å². The second kappa shape index (κ2) is 5.30. The number of hydrogen-bond acceptors (Lipinski definition) is 4. The number of aromatic carboxylic acids is 1. The van der Waals surface area contributed by atoms with Gasteiger partial charge in [-0.25, -0.2) is 4.79 Å². The van der Waals surface area contributed by atoms with Gasteiger partial charge in [-0.15, -0.1) is 0 Å². The molecule has 2 aromatic carbocycles. The second-order valence-corrected chi connectivity index (χ2v) is 3.93. The van der Waals surface area contributed by atoms with E-state index in [1.807, 2.05) is 0 Å². The molecule has 0 saturated carbocycles. The van der Waals surface area contributed by atoms with Crippen LogP contribution in [0, 0.1) is 0 Å². The topological polar surface area (TPSA) is 87.0 Å². The summed E-state index contributed by atoms with van der Waals surface area (Å²) in [6.45, 7) is 0.0786. The Hall–Kier alpha value is -2.69. The molecular weight excluding hydrogens is 248 g/mol. The number of aromatic hydroxyl groups is 2. The first-order valence-corrected chi connectivity index (χ1v) is 5.53. The Kier molecular flexibility index (Phi) is 3.56. The van der Waals surface area contributed by atoms with Crippen molar-refractivity contribution >= 4 is 5.97 Å². The van der Waals surface area contributed by atoms with Gasteiger partial charge in [0.1, 0.15) is 23.9 Å². The Bertz CT molecular complexity index is 607. The van der Waals surface area contributed by atoms with E-state index < -0.39 is 5.97 Å². The average Bonchev–Trinajstić information content (AvgIpc) is 2.37. The smallest absolute Gasteiger partial charge is 0.335 e. The van der Waals surface area contributed by atoms with Crippen molar-refractivity contribution in [3.63, 3.8) is 0 Å². The van der Waals surface area contributed by atoms with Gasteiger partial charge >= 0.3 is 5.97 Å². The fourth-order valence-electron chi connectivity index (χ4n) is 1.55. The van der Waals surface area contributed by atoms with Crippen LogP contribution in [0.1, 0.15) is 15.9 Å². The molecular formula is C14H12O5. The van der Waals surface area contributed by atoms with Gasteiger partial charge < -0.3 is 20.1 Å². The van der Waals surface area contributed by atoms with Gasteiger partial charge in [0, 0.05) is 11.6 Å². The van der Waals surface area contributed by atoms with Gasteiger partial charge in [-0.05, 0) is 24.3 Å². The molecule has 0 aromatic heterocycles. The molecule has 0 unspecified atom stereocenters. The molecule has 0 fully saturated rings. The number of hydrogen-bond donors (Lipinski definition) is 3. The zero-order chi connectivity index (χ0) is 13.8. The number of rotatable bonds is 4. The molecule has 0 bridgehead atoms. The Morgan fingerprint density at radius 2 is 1.89 bits per heavy atom. The molecule has 5 nitrogen and oxygen atoms in total. The van der Waals surface area contributed by atoms with Crippen molar-refractivity contribution in [2.45, 2.75) is 6.61 Å². The number of carboxylic acids is 1. The fourth-order valence-corrected chi connectivity index (χ4v) is 1.55. The van der Waals surface area contributed by atoms with Gasteiger partial charge in [0.05, 0.1) is 5.56 Å². The van der Waals surface area contributed by atoms with E-state index in [1.54, 1.807) is 12.1 Å². The number of carbonyl (C=O) groups is 1. The van der Waals surface area contributed by atoms with E-state index in [0.29, 0.717) is 11.3 Å². The molecule has 0 radical (unpaired) electrons. The maximum Gasteiger partial charge on any atom is 0.335 e. The largest absolute Gasteiger partial charge is 0.508 e. The minimum absolute atomic E-state index is 0.0126. The lowest BCUT2D eigenvalue weighted by Gasteiger charge is -2.08. The molecule has 5 heteroatoms. The maximum atomic E-state index is 10.7. The van der Waals surface area contributed by atoms with Crippen LogP contribution in [0.15, 0.2) is 42.5 Å². The van der Waals surface area contributed by atoms with Crippen LogP contribution in [-0.2, 0) is 6.61 Å². The maximum absolute atomic E-state index is 10.7. The third kappa shape index (κ3) is 3.16. The number of ether oxygens (including phenoxy) is 1. The van der Waals surface area contributed by atoms with Crippen molar-refractivity contribution in [1.29, 1.82) is 0 Å². The van der Waals surface area contributed by atoms with Crippen molar-refractivity contribution < 1.29 is 24.9 Å². The molecule has 0 atom stereocenters. The highest BCUT2D eigenvalue weighted by Crippen LogP contribution is 2.23. The number of phenolic OH excluding ortho intramolecular Hbond substituents is 2. The van der Waals surface area contributed by atoms with Crippen LogP contribution < -0.4 is 4.74 Å². The van der Waals surface area contributed by atoms with Crippen molar-refractivity contribution in [1.82, 2.24) is 0 Å².